The number of aliphatic imine (C=N–C) groups is 1. The number of aryl methyl sites for hydroxylation is 1. The maximum absolute atomic E-state index is 5.47. The summed E-state index contributed by atoms with van der Waals surface area (Å²) in [6.45, 7) is 8.93. The number of halogens is 1. The predicted molar refractivity (Wildman–Crippen MR) is 101 cm³/mol. The fourth-order valence-electron chi connectivity index (χ4n) is 3.54. The van der Waals surface area contributed by atoms with E-state index in [1.807, 2.05) is 7.05 Å². The molecule has 6 heteroatoms. The van der Waals surface area contributed by atoms with Crippen LogP contribution in [0.25, 0.3) is 0 Å². The lowest BCUT2D eigenvalue weighted by Gasteiger charge is -2.32. The van der Waals surface area contributed by atoms with Gasteiger partial charge >= 0.3 is 0 Å². The van der Waals surface area contributed by atoms with Crippen LogP contribution in [0.4, 0.5) is 0 Å². The lowest BCUT2D eigenvalue weighted by atomic mass is 10.1. The number of rotatable bonds is 3. The number of ether oxygens (including phenoxy) is 1. The van der Waals surface area contributed by atoms with Gasteiger partial charge in [-0.1, -0.05) is 22.0 Å². The van der Waals surface area contributed by atoms with Gasteiger partial charge in [0.25, 0.3) is 0 Å². The van der Waals surface area contributed by atoms with Gasteiger partial charge in [0, 0.05) is 50.3 Å². The molecule has 1 N–H and O–H groups in total. The molecule has 1 aromatic rings. The number of morpholine rings is 1. The Labute approximate surface area is 153 Å². The van der Waals surface area contributed by atoms with Crippen LogP contribution in [0.15, 0.2) is 27.7 Å². The molecule has 24 heavy (non-hydrogen) atoms. The highest BCUT2D eigenvalue weighted by Crippen LogP contribution is 2.18. The van der Waals surface area contributed by atoms with Crippen LogP contribution < -0.4 is 5.32 Å². The summed E-state index contributed by atoms with van der Waals surface area (Å²) in [5, 5.41) is 3.53. The molecule has 5 nitrogen and oxygen atoms in total. The van der Waals surface area contributed by atoms with Gasteiger partial charge in [0.2, 0.25) is 0 Å². The van der Waals surface area contributed by atoms with Crippen molar-refractivity contribution in [2.75, 3.05) is 46.4 Å². The SMILES string of the molecule is CN=C(NCc1ccc(Br)cc1C)N1CCC(N2CCOCC2)C1. The van der Waals surface area contributed by atoms with Crippen LogP contribution in [-0.4, -0.2) is 68.2 Å². The zero-order valence-electron chi connectivity index (χ0n) is 14.6. The Morgan fingerprint density at radius 2 is 2.12 bits per heavy atom. The molecule has 2 heterocycles. The molecule has 2 aliphatic heterocycles. The molecule has 0 spiro atoms. The molecular formula is C18H27BrN4O. The topological polar surface area (TPSA) is 40.1 Å². The van der Waals surface area contributed by atoms with E-state index < -0.39 is 0 Å². The third kappa shape index (κ3) is 4.29. The van der Waals surface area contributed by atoms with Gasteiger partial charge in [-0.25, -0.2) is 0 Å². The first-order chi connectivity index (χ1) is 11.7. The maximum Gasteiger partial charge on any atom is 0.193 e. The van der Waals surface area contributed by atoms with E-state index in [0.717, 1.165) is 56.4 Å². The van der Waals surface area contributed by atoms with Crippen molar-refractivity contribution in [2.45, 2.75) is 25.9 Å². The monoisotopic (exact) mass is 394 g/mol. The standard InChI is InChI=1S/C18H27BrN4O/c1-14-11-16(19)4-3-15(14)12-21-18(20-2)23-6-5-17(13-23)22-7-9-24-10-8-22/h3-4,11,17H,5-10,12-13H2,1-2H3,(H,20,21). The molecule has 2 aliphatic rings. The fraction of sp³-hybridized carbons (Fsp3) is 0.611. The minimum absolute atomic E-state index is 0.627. The van der Waals surface area contributed by atoms with Crippen LogP contribution in [0.2, 0.25) is 0 Å². The summed E-state index contributed by atoms with van der Waals surface area (Å²) in [6.07, 6.45) is 1.21. The number of guanidine groups is 1. The first-order valence-electron chi connectivity index (χ1n) is 8.70. The van der Waals surface area contributed by atoms with Crippen molar-refractivity contribution in [3.05, 3.63) is 33.8 Å². The summed E-state index contributed by atoms with van der Waals surface area (Å²) in [5.74, 6) is 1.01. The van der Waals surface area contributed by atoms with E-state index in [0.29, 0.717) is 6.04 Å². The highest BCUT2D eigenvalue weighted by Gasteiger charge is 2.30. The largest absolute Gasteiger partial charge is 0.379 e. The molecule has 0 aliphatic carbocycles. The Balaban J connectivity index is 1.55. The van der Waals surface area contributed by atoms with Gasteiger partial charge in [0.05, 0.1) is 13.2 Å². The maximum atomic E-state index is 5.47. The minimum Gasteiger partial charge on any atom is -0.379 e. The highest BCUT2D eigenvalue weighted by molar-refractivity contribution is 9.10. The Hall–Kier alpha value is -1.11. The zero-order valence-corrected chi connectivity index (χ0v) is 16.2. The summed E-state index contributed by atoms with van der Waals surface area (Å²) in [7, 11) is 1.87. The van der Waals surface area contributed by atoms with Gasteiger partial charge in [-0.15, -0.1) is 0 Å². The third-order valence-corrected chi connectivity index (χ3v) is 5.47. The molecule has 2 saturated heterocycles. The lowest BCUT2D eigenvalue weighted by molar-refractivity contribution is 0.0195. The van der Waals surface area contributed by atoms with Gasteiger partial charge in [-0.3, -0.25) is 9.89 Å². The van der Waals surface area contributed by atoms with Crippen molar-refractivity contribution in [3.8, 4) is 0 Å². The van der Waals surface area contributed by atoms with E-state index in [-0.39, 0.29) is 0 Å². The van der Waals surface area contributed by atoms with Gasteiger partial charge in [0.1, 0.15) is 0 Å². The fourth-order valence-corrected chi connectivity index (χ4v) is 4.01. The van der Waals surface area contributed by atoms with Gasteiger partial charge in [0.15, 0.2) is 5.96 Å². The summed E-state index contributed by atoms with van der Waals surface area (Å²) in [5.41, 5.74) is 2.60. The summed E-state index contributed by atoms with van der Waals surface area (Å²) in [4.78, 5) is 9.44. The van der Waals surface area contributed by atoms with Crippen LogP contribution in [-0.2, 0) is 11.3 Å². The van der Waals surface area contributed by atoms with E-state index in [4.69, 9.17) is 4.74 Å². The average Bonchev–Trinajstić information content (AvgIpc) is 3.08. The molecule has 2 fully saturated rings. The van der Waals surface area contributed by atoms with E-state index in [1.54, 1.807) is 0 Å². The van der Waals surface area contributed by atoms with Crippen molar-refractivity contribution in [1.29, 1.82) is 0 Å². The van der Waals surface area contributed by atoms with Gasteiger partial charge in [-0.05, 0) is 36.6 Å². The molecule has 0 aromatic heterocycles. The van der Waals surface area contributed by atoms with Crippen molar-refractivity contribution >= 4 is 21.9 Å². The molecule has 1 unspecified atom stereocenters. The number of hydrogen-bond donors (Lipinski definition) is 1. The van der Waals surface area contributed by atoms with E-state index >= 15 is 0 Å². The summed E-state index contributed by atoms with van der Waals surface area (Å²) in [6, 6.07) is 7.04. The molecule has 1 aromatic carbocycles. The highest BCUT2D eigenvalue weighted by atomic mass is 79.9. The molecular weight excluding hydrogens is 368 g/mol. The minimum atomic E-state index is 0.627. The average molecular weight is 395 g/mol. The van der Waals surface area contributed by atoms with Crippen LogP contribution in [0.3, 0.4) is 0 Å². The van der Waals surface area contributed by atoms with Gasteiger partial charge in [-0.2, -0.15) is 0 Å². The van der Waals surface area contributed by atoms with Crippen molar-refractivity contribution in [1.82, 2.24) is 15.1 Å². The first-order valence-corrected chi connectivity index (χ1v) is 9.49. The molecule has 0 radical (unpaired) electrons. The third-order valence-electron chi connectivity index (χ3n) is 4.98. The molecule has 132 valence electrons. The Morgan fingerprint density at radius 3 is 2.83 bits per heavy atom. The van der Waals surface area contributed by atoms with Crippen LogP contribution in [0.1, 0.15) is 17.5 Å². The molecule has 0 amide bonds. The van der Waals surface area contributed by atoms with Gasteiger partial charge < -0.3 is 15.0 Å². The van der Waals surface area contributed by atoms with E-state index in [2.05, 4.69) is 61.2 Å². The second-order valence-electron chi connectivity index (χ2n) is 6.51. The number of benzene rings is 1. The van der Waals surface area contributed by atoms with Crippen molar-refractivity contribution in [3.63, 3.8) is 0 Å². The second kappa shape index (κ2) is 8.32. The van der Waals surface area contributed by atoms with Crippen LogP contribution >= 0.6 is 15.9 Å². The van der Waals surface area contributed by atoms with Crippen molar-refractivity contribution < 1.29 is 4.74 Å². The molecule has 0 bridgehead atoms. The number of nitrogens with zero attached hydrogens (tertiary/aromatic N) is 3. The van der Waals surface area contributed by atoms with E-state index in [1.165, 1.54) is 17.5 Å². The van der Waals surface area contributed by atoms with Crippen molar-refractivity contribution in [2.24, 2.45) is 4.99 Å². The first kappa shape index (κ1) is 17.7. The van der Waals surface area contributed by atoms with Crippen LogP contribution in [0.5, 0.6) is 0 Å². The zero-order chi connectivity index (χ0) is 16.9. The number of likely N-dealkylation sites (tertiary alicyclic amines) is 1. The van der Waals surface area contributed by atoms with E-state index in [9.17, 15) is 0 Å². The second-order valence-corrected chi connectivity index (χ2v) is 7.42. The molecule has 1 atom stereocenters. The Kier molecular flexibility index (Phi) is 6.14. The Bertz CT molecular complexity index is 586. The predicted octanol–water partition coefficient (Wildman–Crippen LogP) is 2.24. The van der Waals surface area contributed by atoms with Crippen LogP contribution in [0, 0.1) is 6.92 Å². The number of hydrogen-bond acceptors (Lipinski definition) is 3. The smallest absolute Gasteiger partial charge is 0.193 e. The molecule has 0 saturated carbocycles. The molecule has 3 rings (SSSR count). The normalized spacial score (nSPS) is 22.9. The summed E-state index contributed by atoms with van der Waals surface area (Å²) >= 11 is 3.52. The lowest BCUT2D eigenvalue weighted by Crippen LogP contribution is -2.46. The Morgan fingerprint density at radius 1 is 1.33 bits per heavy atom. The summed E-state index contributed by atoms with van der Waals surface area (Å²) < 4.78 is 6.59. The quantitative estimate of drug-likeness (QED) is 0.630. The number of nitrogens with one attached hydrogen (secondary N) is 1.